The largest absolute Gasteiger partial charge is 0.387 e. The molecule has 1 N–H and O–H groups in total. The van der Waals surface area contributed by atoms with E-state index >= 15 is 0 Å². The Balaban J connectivity index is 2.13. The van der Waals surface area contributed by atoms with Gasteiger partial charge in [0.25, 0.3) is 0 Å². The molecule has 1 aliphatic carbocycles. The van der Waals surface area contributed by atoms with Crippen LogP contribution in [0.25, 0.3) is 0 Å². The first-order valence-corrected chi connectivity index (χ1v) is 4.45. The molecule has 0 radical (unpaired) electrons. The van der Waals surface area contributed by atoms with Gasteiger partial charge >= 0.3 is 0 Å². The molecule has 1 unspecified atom stereocenters. The molecule has 0 aromatic carbocycles. The van der Waals surface area contributed by atoms with Gasteiger partial charge in [-0.05, 0) is 24.8 Å². The van der Waals surface area contributed by atoms with Crippen molar-refractivity contribution < 1.29 is 5.11 Å². The van der Waals surface area contributed by atoms with Gasteiger partial charge in [0.1, 0.15) is 0 Å². The third-order valence-corrected chi connectivity index (χ3v) is 2.76. The van der Waals surface area contributed by atoms with Gasteiger partial charge in [0.2, 0.25) is 0 Å². The van der Waals surface area contributed by atoms with Crippen molar-refractivity contribution in [2.75, 3.05) is 0 Å². The fourth-order valence-corrected chi connectivity index (χ4v) is 1.67. The number of hydrogen-bond donors (Lipinski definition) is 1. The van der Waals surface area contributed by atoms with E-state index in [0.29, 0.717) is 5.92 Å². The molecular formula is C9H14N2O. The topological polar surface area (TPSA) is 38.0 Å². The van der Waals surface area contributed by atoms with Crippen molar-refractivity contribution in [2.24, 2.45) is 13.0 Å². The number of rotatable bonds is 2. The molecule has 0 bridgehead atoms. The summed E-state index contributed by atoms with van der Waals surface area (Å²) in [6, 6.07) is 1.89. The molecule has 1 fully saturated rings. The maximum Gasteiger partial charge on any atom is 0.0984 e. The molecule has 1 heterocycles. The number of aryl methyl sites for hydroxylation is 1. The maximum atomic E-state index is 9.85. The van der Waals surface area contributed by atoms with Crippen LogP contribution >= 0.6 is 0 Å². The molecule has 3 nitrogen and oxygen atoms in total. The lowest BCUT2D eigenvalue weighted by Crippen LogP contribution is -2.21. The van der Waals surface area contributed by atoms with Crippen molar-refractivity contribution in [1.82, 2.24) is 9.78 Å². The minimum Gasteiger partial charge on any atom is -0.387 e. The van der Waals surface area contributed by atoms with Crippen LogP contribution in [0.1, 0.15) is 31.1 Å². The van der Waals surface area contributed by atoms with Crippen LogP contribution in [0.5, 0.6) is 0 Å². The third-order valence-electron chi connectivity index (χ3n) is 2.76. The lowest BCUT2D eigenvalue weighted by atomic mass is 9.80. The van der Waals surface area contributed by atoms with Crippen molar-refractivity contribution in [3.8, 4) is 0 Å². The molecule has 1 aromatic rings. The molecule has 1 atom stereocenters. The summed E-state index contributed by atoms with van der Waals surface area (Å²) in [5.41, 5.74) is 0.944. The molecule has 0 aliphatic heterocycles. The fourth-order valence-electron chi connectivity index (χ4n) is 1.67. The van der Waals surface area contributed by atoms with Gasteiger partial charge in [-0.2, -0.15) is 5.10 Å². The molecule has 0 saturated heterocycles. The highest BCUT2D eigenvalue weighted by Gasteiger charge is 2.28. The van der Waals surface area contributed by atoms with Gasteiger partial charge in [0.05, 0.1) is 11.8 Å². The second-order valence-corrected chi connectivity index (χ2v) is 3.52. The van der Waals surface area contributed by atoms with E-state index in [-0.39, 0.29) is 6.10 Å². The summed E-state index contributed by atoms with van der Waals surface area (Å²) >= 11 is 0. The minimum atomic E-state index is -0.300. The zero-order chi connectivity index (χ0) is 8.55. The SMILES string of the molecule is Cn1nccc1C(O)C1CCC1. The van der Waals surface area contributed by atoms with E-state index < -0.39 is 0 Å². The van der Waals surface area contributed by atoms with Crippen molar-refractivity contribution in [2.45, 2.75) is 25.4 Å². The second kappa shape index (κ2) is 2.90. The van der Waals surface area contributed by atoms with Crippen LogP contribution in [-0.4, -0.2) is 14.9 Å². The smallest absolute Gasteiger partial charge is 0.0984 e. The number of aliphatic hydroxyl groups excluding tert-OH is 1. The molecule has 1 aliphatic rings. The van der Waals surface area contributed by atoms with Gasteiger partial charge in [-0.1, -0.05) is 6.42 Å². The van der Waals surface area contributed by atoms with E-state index in [1.165, 1.54) is 6.42 Å². The molecule has 12 heavy (non-hydrogen) atoms. The zero-order valence-electron chi connectivity index (χ0n) is 7.27. The van der Waals surface area contributed by atoms with Gasteiger partial charge in [-0.3, -0.25) is 4.68 Å². The summed E-state index contributed by atoms with van der Waals surface area (Å²) in [6.45, 7) is 0. The lowest BCUT2D eigenvalue weighted by Gasteiger charge is -2.30. The molecule has 0 spiro atoms. The van der Waals surface area contributed by atoms with Crippen LogP contribution in [0.4, 0.5) is 0 Å². The highest BCUT2D eigenvalue weighted by molar-refractivity contribution is 5.06. The van der Waals surface area contributed by atoms with Crippen molar-refractivity contribution in [3.05, 3.63) is 18.0 Å². The highest BCUT2D eigenvalue weighted by Crippen LogP contribution is 2.37. The van der Waals surface area contributed by atoms with Gasteiger partial charge in [0, 0.05) is 13.2 Å². The van der Waals surface area contributed by atoms with Crippen LogP contribution < -0.4 is 0 Å². The normalized spacial score (nSPS) is 20.5. The molecule has 0 amide bonds. The zero-order valence-corrected chi connectivity index (χ0v) is 7.27. The van der Waals surface area contributed by atoms with Crippen LogP contribution in [0.3, 0.4) is 0 Å². The summed E-state index contributed by atoms with van der Waals surface area (Å²) in [5, 5.41) is 13.9. The number of aromatic nitrogens is 2. The first kappa shape index (κ1) is 7.80. The Morgan fingerprint density at radius 2 is 2.42 bits per heavy atom. The monoisotopic (exact) mass is 166 g/mol. The lowest BCUT2D eigenvalue weighted by molar-refractivity contribution is 0.0556. The maximum absolute atomic E-state index is 9.85. The Labute approximate surface area is 72.0 Å². The van der Waals surface area contributed by atoms with Gasteiger partial charge in [-0.15, -0.1) is 0 Å². The Hall–Kier alpha value is -0.830. The van der Waals surface area contributed by atoms with Crippen molar-refractivity contribution >= 4 is 0 Å². The quantitative estimate of drug-likeness (QED) is 0.718. The number of nitrogens with zero attached hydrogens (tertiary/aromatic N) is 2. The van der Waals surface area contributed by atoms with Crippen molar-refractivity contribution in [3.63, 3.8) is 0 Å². The van der Waals surface area contributed by atoms with Crippen LogP contribution in [0, 0.1) is 5.92 Å². The third kappa shape index (κ3) is 1.14. The second-order valence-electron chi connectivity index (χ2n) is 3.52. The molecular weight excluding hydrogens is 152 g/mol. The summed E-state index contributed by atoms with van der Waals surface area (Å²) in [6.07, 6.45) is 5.02. The highest BCUT2D eigenvalue weighted by atomic mass is 16.3. The average molecular weight is 166 g/mol. The fraction of sp³-hybridized carbons (Fsp3) is 0.667. The van der Waals surface area contributed by atoms with E-state index in [1.54, 1.807) is 10.9 Å². The first-order chi connectivity index (χ1) is 5.79. The van der Waals surface area contributed by atoms with E-state index in [9.17, 15) is 5.11 Å². The Morgan fingerprint density at radius 1 is 1.67 bits per heavy atom. The average Bonchev–Trinajstić information content (AvgIpc) is 2.31. The van der Waals surface area contributed by atoms with Gasteiger partial charge in [0.15, 0.2) is 0 Å². The van der Waals surface area contributed by atoms with Crippen LogP contribution in [0.15, 0.2) is 12.3 Å². The van der Waals surface area contributed by atoms with Crippen molar-refractivity contribution in [1.29, 1.82) is 0 Å². The predicted molar refractivity (Wildman–Crippen MR) is 45.5 cm³/mol. The minimum absolute atomic E-state index is 0.300. The molecule has 66 valence electrons. The molecule has 3 heteroatoms. The van der Waals surface area contributed by atoms with E-state index in [4.69, 9.17) is 0 Å². The predicted octanol–water partition coefficient (Wildman–Crippen LogP) is 1.25. The van der Waals surface area contributed by atoms with Crippen LogP contribution in [-0.2, 0) is 7.05 Å². The summed E-state index contributed by atoms with van der Waals surface area (Å²) < 4.78 is 1.75. The summed E-state index contributed by atoms with van der Waals surface area (Å²) in [4.78, 5) is 0. The standard InChI is InChI=1S/C9H14N2O/c1-11-8(5-6-10-11)9(12)7-3-2-4-7/h5-7,9,12H,2-4H2,1H3. The number of hydrogen-bond acceptors (Lipinski definition) is 2. The number of aliphatic hydroxyl groups is 1. The molecule has 1 aromatic heterocycles. The Kier molecular flexibility index (Phi) is 1.89. The summed E-state index contributed by atoms with van der Waals surface area (Å²) in [5.74, 6) is 0.473. The Morgan fingerprint density at radius 3 is 2.83 bits per heavy atom. The molecule has 2 rings (SSSR count). The van der Waals surface area contributed by atoms with E-state index in [2.05, 4.69) is 5.10 Å². The summed E-state index contributed by atoms with van der Waals surface area (Å²) in [7, 11) is 1.87. The van der Waals surface area contributed by atoms with Gasteiger partial charge < -0.3 is 5.11 Å². The van der Waals surface area contributed by atoms with Crippen LogP contribution in [0.2, 0.25) is 0 Å². The first-order valence-electron chi connectivity index (χ1n) is 4.45. The molecule has 1 saturated carbocycles. The Bertz CT molecular complexity index is 265. The van der Waals surface area contributed by atoms with Gasteiger partial charge in [-0.25, -0.2) is 0 Å². The van der Waals surface area contributed by atoms with E-state index in [1.807, 2.05) is 13.1 Å². The van der Waals surface area contributed by atoms with E-state index in [0.717, 1.165) is 18.5 Å².